The quantitative estimate of drug-likeness (QED) is 0.107. The van der Waals surface area contributed by atoms with Crippen LogP contribution >= 0.6 is 7.92 Å². The number of hydrogen-bond donors (Lipinski definition) is 0. The molecule has 0 atom stereocenters. The minimum atomic E-state index is 0. The van der Waals surface area contributed by atoms with Gasteiger partial charge in [0.2, 0.25) is 0 Å². The Kier molecular flexibility index (Phi) is 37.2. The van der Waals surface area contributed by atoms with Crippen LogP contribution in [0.3, 0.4) is 0 Å². The van der Waals surface area contributed by atoms with E-state index < -0.39 is 0 Å². The molecule has 0 aromatic carbocycles. The van der Waals surface area contributed by atoms with Gasteiger partial charge in [-0.15, -0.1) is 7.92 Å². The standard InChI is InChI=1S/C24H51P.Li.Sn.3H/c1-4-7-10-13-16-19-22-25(23-20-17-14-11-8-5-2)24-21-18-15-12-9-6-3;;;;;/h4-24H2,1-3H3;;;;;/q;+1;;;;-1. The van der Waals surface area contributed by atoms with Crippen molar-refractivity contribution in [3.05, 3.63) is 0 Å². The Bertz CT molecular complexity index is 207. The third-order valence-corrected chi connectivity index (χ3v) is 8.33. The van der Waals surface area contributed by atoms with Crippen molar-refractivity contribution in [2.45, 2.75) is 136 Å². The third kappa shape index (κ3) is 27.8. The Morgan fingerprint density at radius 3 is 0.889 bits per heavy atom. The van der Waals surface area contributed by atoms with Gasteiger partial charge in [-0.05, 0) is 37.7 Å². The molecule has 0 aliphatic heterocycles. The van der Waals surface area contributed by atoms with Crippen molar-refractivity contribution in [3.8, 4) is 0 Å². The van der Waals surface area contributed by atoms with Crippen LogP contribution in [0.2, 0.25) is 0 Å². The molecule has 0 nitrogen and oxygen atoms in total. The zero-order chi connectivity index (χ0) is 18.4. The fraction of sp³-hybridized carbons (Fsp3) is 1.00. The van der Waals surface area contributed by atoms with Crippen LogP contribution in [0.4, 0.5) is 0 Å². The molecular weight excluding hydrogens is 445 g/mol. The summed E-state index contributed by atoms with van der Waals surface area (Å²) in [6, 6.07) is 0. The summed E-state index contributed by atoms with van der Waals surface area (Å²) >= 11 is 0. The summed E-state index contributed by atoms with van der Waals surface area (Å²) in [5, 5.41) is 0. The SMILES string of the molecule is CCCCCCCCP(CCCCCCCC)CCCCCCCC.[H-].[Li+].[SnH2]. The summed E-state index contributed by atoms with van der Waals surface area (Å²) in [5.74, 6) is 0. The molecule has 0 aromatic heterocycles. The Morgan fingerprint density at radius 2 is 0.630 bits per heavy atom. The molecule has 0 unspecified atom stereocenters. The van der Waals surface area contributed by atoms with Crippen LogP contribution in [0, 0.1) is 0 Å². The summed E-state index contributed by atoms with van der Waals surface area (Å²) in [6.45, 7) is 6.96. The van der Waals surface area contributed by atoms with Crippen LogP contribution in [-0.2, 0) is 0 Å². The summed E-state index contributed by atoms with van der Waals surface area (Å²) in [4.78, 5) is 0. The summed E-state index contributed by atoms with van der Waals surface area (Å²) in [7, 11) is 0.366. The topological polar surface area (TPSA) is 0 Å². The predicted octanol–water partition coefficient (Wildman–Crippen LogP) is 5.75. The van der Waals surface area contributed by atoms with Crippen molar-refractivity contribution in [3.63, 3.8) is 0 Å². The van der Waals surface area contributed by atoms with Crippen LogP contribution in [-0.4, -0.2) is 42.4 Å². The van der Waals surface area contributed by atoms with Gasteiger partial charge in [-0.25, -0.2) is 0 Å². The van der Waals surface area contributed by atoms with Gasteiger partial charge in [0, 0.05) is 0 Å². The van der Waals surface area contributed by atoms with Gasteiger partial charge in [0.1, 0.15) is 0 Å². The van der Waals surface area contributed by atoms with E-state index in [2.05, 4.69) is 20.8 Å². The first-order chi connectivity index (χ1) is 12.3. The van der Waals surface area contributed by atoms with Crippen LogP contribution < -0.4 is 18.9 Å². The van der Waals surface area contributed by atoms with Crippen molar-refractivity contribution in [2.24, 2.45) is 0 Å². The van der Waals surface area contributed by atoms with E-state index in [-0.39, 0.29) is 44.2 Å². The molecule has 0 aliphatic carbocycles. The van der Waals surface area contributed by atoms with Gasteiger partial charge in [-0.3, -0.25) is 0 Å². The second kappa shape index (κ2) is 30.0. The fourth-order valence-corrected chi connectivity index (χ4v) is 6.37. The molecule has 0 N–H and O–H groups in total. The van der Waals surface area contributed by atoms with Crippen molar-refractivity contribution in [1.82, 2.24) is 0 Å². The van der Waals surface area contributed by atoms with E-state index in [1.807, 2.05) is 0 Å². The molecule has 0 aliphatic rings. The summed E-state index contributed by atoms with van der Waals surface area (Å²) in [5.41, 5.74) is 0. The van der Waals surface area contributed by atoms with Gasteiger partial charge < -0.3 is 1.43 Å². The number of rotatable bonds is 21. The van der Waals surface area contributed by atoms with Crippen LogP contribution in [0.5, 0.6) is 0 Å². The van der Waals surface area contributed by atoms with Gasteiger partial charge in [0.05, 0.1) is 0 Å². The normalized spacial score (nSPS) is 10.7. The molecular formula is C24H54LiPSn. The fourth-order valence-electron chi connectivity index (χ4n) is 3.68. The molecule has 0 saturated carbocycles. The van der Waals surface area contributed by atoms with E-state index >= 15 is 0 Å². The van der Waals surface area contributed by atoms with Gasteiger partial charge in [0.25, 0.3) is 0 Å². The average molecular weight is 499 g/mol. The zero-order valence-electron chi connectivity index (χ0n) is 21.0. The monoisotopic (exact) mass is 500 g/mol. The summed E-state index contributed by atoms with van der Waals surface area (Å²) < 4.78 is 0. The number of unbranched alkanes of at least 4 members (excludes halogenated alkanes) is 15. The molecule has 0 fully saturated rings. The van der Waals surface area contributed by atoms with Crippen molar-refractivity contribution >= 4 is 31.8 Å². The third-order valence-electron chi connectivity index (χ3n) is 5.48. The van der Waals surface area contributed by atoms with Crippen LogP contribution in [0.25, 0.3) is 0 Å². The maximum atomic E-state index is 2.32. The molecule has 0 bridgehead atoms. The molecule has 160 valence electrons. The Morgan fingerprint density at radius 1 is 0.407 bits per heavy atom. The van der Waals surface area contributed by atoms with E-state index in [1.165, 1.54) is 116 Å². The van der Waals surface area contributed by atoms with Gasteiger partial charge in [0.15, 0.2) is 0 Å². The van der Waals surface area contributed by atoms with Crippen molar-refractivity contribution in [1.29, 1.82) is 0 Å². The Balaban J connectivity index is -0.000000960. The molecule has 0 spiro atoms. The van der Waals surface area contributed by atoms with Gasteiger partial charge >= 0.3 is 42.8 Å². The number of hydrogen-bond acceptors (Lipinski definition) is 0. The van der Waals surface area contributed by atoms with Crippen LogP contribution in [0.15, 0.2) is 0 Å². The second-order valence-corrected chi connectivity index (χ2v) is 10.8. The predicted molar refractivity (Wildman–Crippen MR) is 131 cm³/mol. The second-order valence-electron chi connectivity index (χ2n) is 8.14. The molecule has 0 rings (SSSR count). The van der Waals surface area contributed by atoms with E-state index in [0.29, 0.717) is 7.92 Å². The van der Waals surface area contributed by atoms with E-state index in [4.69, 9.17) is 0 Å². The van der Waals surface area contributed by atoms with E-state index in [1.54, 1.807) is 18.5 Å². The Hall–Kier alpha value is 1.83. The molecule has 2 radical (unpaired) electrons. The first-order valence-electron chi connectivity index (χ1n) is 12.1. The van der Waals surface area contributed by atoms with E-state index in [0.717, 1.165) is 0 Å². The van der Waals surface area contributed by atoms with Crippen molar-refractivity contribution in [2.75, 3.05) is 18.5 Å². The molecule has 0 heterocycles. The maximum absolute atomic E-state index is 2.32. The molecule has 0 amide bonds. The van der Waals surface area contributed by atoms with Crippen LogP contribution in [0.1, 0.15) is 138 Å². The average Bonchev–Trinajstić information content (AvgIpc) is 2.63. The van der Waals surface area contributed by atoms with Gasteiger partial charge in [-0.1, -0.05) is 117 Å². The summed E-state index contributed by atoms with van der Waals surface area (Å²) in [6.07, 6.45) is 31.2. The molecule has 3 heteroatoms. The van der Waals surface area contributed by atoms with Gasteiger partial charge in [-0.2, -0.15) is 0 Å². The Labute approximate surface area is 205 Å². The van der Waals surface area contributed by atoms with E-state index in [9.17, 15) is 0 Å². The first-order valence-corrected chi connectivity index (χ1v) is 14.0. The molecule has 0 saturated heterocycles. The molecule has 0 aromatic rings. The first kappa shape index (κ1) is 33.5. The minimum absolute atomic E-state index is 0. The van der Waals surface area contributed by atoms with Crippen molar-refractivity contribution < 1.29 is 20.3 Å². The zero-order valence-corrected chi connectivity index (χ0v) is 24.9. The molecule has 27 heavy (non-hydrogen) atoms.